The number of hydrogen-bond acceptors (Lipinski definition) is 6. The van der Waals surface area contributed by atoms with Crippen LogP contribution in [0, 0.1) is 0 Å². The Labute approximate surface area is 291 Å². The molecule has 6 aliphatic carbocycles. The molecule has 0 aromatic heterocycles. The topological polar surface area (TPSA) is 67.9 Å². The number of rotatable bonds is 8. The number of azo groups is 2. The number of hydrogen-bond donors (Lipinski definition) is 0. The van der Waals surface area contributed by atoms with Gasteiger partial charge in [0.05, 0.1) is 37.0 Å². The van der Waals surface area contributed by atoms with Crippen LogP contribution in [0.15, 0.2) is 178 Å². The highest BCUT2D eigenvalue weighted by Crippen LogP contribution is 2.53. The van der Waals surface area contributed by atoms with Crippen molar-refractivity contribution in [2.24, 2.45) is 20.5 Å². The summed E-state index contributed by atoms with van der Waals surface area (Å²) in [5, 5.41) is 18.7. The molecule has 0 saturated heterocycles. The van der Waals surface area contributed by atoms with E-state index in [0.29, 0.717) is 0 Å². The van der Waals surface area contributed by atoms with Crippen molar-refractivity contribution in [2.45, 2.75) is 0 Å². The third kappa shape index (κ3) is 5.84. The lowest BCUT2D eigenvalue weighted by Gasteiger charge is -2.04. The average Bonchev–Trinajstić information content (AvgIpc) is 3.50. The minimum atomic E-state index is 0.756. The first-order chi connectivity index (χ1) is 24.7. The summed E-state index contributed by atoms with van der Waals surface area (Å²) in [5.41, 5.74) is 14.2. The van der Waals surface area contributed by atoms with E-state index in [2.05, 4.69) is 95.2 Å². The summed E-state index contributed by atoms with van der Waals surface area (Å²) < 4.78 is 10.6. The number of fused-ring (bicyclic) bond motifs is 3. The minimum absolute atomic E-state index is 0.756. The molecule has 50 heavy (non-hydrogen) atoms. The van der Waals surface area contributed by atoms with E-state index in [1.165, 1.54) is 0 Å². The largest absolute Gasteiger partial charge is 0.497 e. The van der Waals surface area contributed by atoms with Gasteiger partial charge in [0.15, 0.2) is 0 Å². The first-order valence-corrected chi connectivity index (χ1v) is 16.4. The summed E-state index contributed by atoms with van der Waals surface area (Å²) in [7, 11) is 3.31. The Hall–Kier alpha value is -6.66. The van der Waals surface area contributed by atoms with Crippen molar-refractivity contribution < 1.29 is 9.47 Å². The lowest BCUT2D eigenvalue weighted by atomic mass is 9.99. The molecule has 240 valence electrons. The number of nitrogens with zero attached hydrogens (tertiary/aromatic N) is 4. The molecule has 0 radical (unpaired) electrons. The lowest BCUT2D eigenvalue weighted by Crippen LogP contribution is -1.79. The van der Waals surface area contributed by atoms with Gasteiger partial charge in [0, 0.05) is 11.1 Å². The molecular formula is C44H32N4O2. The Morgan fingerprint density at radius 3 is 0.980 bits per heavy atom. The molecule has 0 aliphatic heterocycles. The van der Waals surface area contributed by atoms with Crippen molar-refractivity contribution in [1.29, 1.82) is 0 Å². The van der Waals surface area contributed by atoms with Crippen LogP contribution in [0.25, 0.3) is 55.6 Å². The summed E-state index contributed by atoms with van der Waals surface area (Å²) >= 11 is 0. The van der Waals surface area contributed by atoms with Crippen molar-refractivity contribution >= 4 is 22.7 Å². The third-order valence-corrected chi connectivity index (χ3v) is 8.95. The highest BCUT2D eigenvalue weighted by atomic mass is 16.5. The van der Waals surface area contributed by atoms with E-state index in [-0.39, 0.29) is 0 Å². The second-order valence-corrected chi connectivity index (χ2v) is 11.9. The summed E-state index contributed by atoms with van der Waals surface area (Å²) in [6, 6.07) is 53.3. The van der Waals surface area contributed by atoms with Crippen molar-refractivity contribution in [3.8, 4) is 67.1 Å². The molecule has 0 fully saturated rings. The monoisotopic (exact) mass is 648 g/mol. The molecule has 2 aromatic rings. The van der Waals surface area contributed by atoms with Crippen LogP contribution in [0.3, 0.4) is 0 Å². The van der Waals surface area contributed by atoms with E-state index in [1.807, 2.05) is 72.8 Å². The fourth-order valence-corrected chi connectivity index (χ4v) is 6.49. The van der Waals surface area contributed by atoms with Gasteiger partial charge >= 0.3 is 0 Å². The van der Waals surface area contributed by atoms with Crippen LogP contribution in [0.5, 0.6) is 11.5 Å². The van der Waals surface area contributed by atoms with Gasteiger partial charge in [-0.3, -0.25) is 0 Å². The predicted molar refractivity (Wildman–Crippen MR) is 202 cm³/mol. The van der Waals surface area contributed by atoms with Crippen LogP contribution in [0.1, 0.15) is 0 Å². The van der Waals surface area contributed by atoms with E-state index in [0.717, 1.165) is 89.9 Å². The Bertz CT molecular complexity index is 2230. The van der Waals surface area contributed by atoms with Crippen LogP contribution in [0.4, 0.5) is 22.7 Å². The number of benzene rings is 2. The van der Waals surface area contributed by atoms with Crippen LogP contribution >= 0.6 is 0 Å². The average molecular weight is 649 g/mol. The molecule has 0 amide bonds. The SMILES string of the molecule is COc1ccc(N=Nc2cc(-c3cc(-c4cc(N=Nc5ccc(OC)cc5)c5cccccc4-5)c4cccccc3-4)c3cccccc2-3)cc1. The normalized spacial score (nSPS) is 11.6. The highest BCUT2D eigenvalue weighted by molar-refractivity contribution is 6.07. The third-order valence-electron chi connectivity index (χ3n) is 8.95. The maximum absolute atomic E-state index is 5.31. The molecule has 6 aliphatic rings. The van der Waals surface area contributed by atoms with Crippen molar-refractivity contribution in [3.05, 3.63) is 158 Å². The quantitative estimate of drug-likeness (QED) is 0.154. The zero-order chi connectivity index (χ0) is 33.9. The molecule has 6 heteroatoms. The number of methoxy groups -OCH3 is 2. The van der Waals surface area contributed by atoms with Gasteiger partial charge in [-0.25, -0.2) is 0 Å². The first-order valence-electron chi connectivity index (χ1n) is 16.4. The molecular weight excluding hydrogens is 617 g/mol. The zero-order valence-corrected chi connectivity index (χ0v) is 27.6. The van der Waals surface area contributed by atoms with Crippen molar-refractivity contribution in [1.82, 2.24) is 0 Å². The maximum atomic E-state index is 5.31. The van der Waals surface area contributed by atoms with Crippen LogP contribution in [-0.2, 0) is 0 Å². The first kappa shape index (κ1) is 30.7. The van der Waals surface area contributed by atoms with Crippen molar-refractivity contribution in [2.75, 3.05) is 14.2 Å². The molecule has 0 saturated carbocycles. The summed E-state index contributed by atoms with van der Waals surface area (Å²) in [5.74, 6) is 1.56. The van der Waals surface area contributed by atoms with E-state index in [1.54, 1.807) is 14.2 Å². The standard InChI is InChI=1S/C44H32N4O2/c1-49-31-22-18-29(19-23-31)45-47-43-27-41(35-14-8-4-10-16-37(35)43)39-26-40(34-13-7-3-6-12-33(34)39)42-28-44(38-17-11-5-9-15-36(38)42)48-46-30-20-24-32(50-2)25-21-30/h3-28H,1-2H3. The van der Waals surface area contributed by atoms with Crippen LogP contribution in [0.2, 0.25) is 0 Å². The summed E-state index contributed by atoms with van der Waals surface area (Å²) in [4.78, 5) is 0. The predicted octanol–water partition coefficient (Wildman–Crippen LogP) is 13.2. The molecule has 6 nitrogen and oxygen atoms in total. The summed E-state index contributed by atoms with van der Waals surface area (Å²) in [6.07, 6.45) is 0. The van der Waals surface area contributed by atoms with Gasteiger partial charge in [0.1, 0.15) is 11.5 Å². The maximum Gasteiger partial charge on any atom is 0.119 e. The van der Waals surface area contributed by atoms with Crippen molar-refractivity contribution in [3.63, 3.8) is 0 Å². The van der Waals surface area contributed by atoms with Gasteiger partial charge < -0.3 is 9.47 Å². The molecule has 0 heterocycles. The fraction of sp³-hybridized carbons (Fsp3) is 0.0455. The van der Waals surface area contributed by atoms with E-state index >= 15 is 0 Å². The van der Waals surface area contributed by atoms with Gasteiger partial charge in [0.25, 0.3) is 0 Å². The van der Waals surface area contributed by atoms with Gasteiger partial charge in [-0.15, -0.1) is 10.2 Å². The Kier molecular flexibility index (Phi) is 8.25. The van der Waals surface area contributed by atoms with E-state index < -0.39 is 0 Å². The summed E-state index contributed by atoms with van der Waals surface area (Å²) in [6.45, 7) is 0. The Morgan fingerprint density at radius 2 is 0.620 bits per heavy atom. The molecule has 0 spiro atoms. The smallest absolute Gasteiger partial charge is 0.119 e. The van der Waals surface area contributed by atoms with Gasteiger partial charge in [-0.05, 0) is 111 Å². The molecule has 0 atom stereocenters. The van der Waals surface area contributed by atoms with Gasteiger partial charge in [-0.2, -0.15) is 10.2 Å². The van der Waals surface area contributed by atoms with Crippen LogP contribution < -0.4 is 9.47 Å². The minimum Gasteiger partial charge on any atom is -0.497 e. The lowest BCUT2D eigenvalue weighted by molar-refractivity contribution is 0.414. The highest BCUT2D eigenvalue weighted by Gasteiger charge is 2.26. The molecule has 2 aromatic carbocycles. The molecule has 8 rings (SSSR count). The van der Waals surface area contributed by atoms with E-state index in [4.69, 9.17) is 19.7 Å². The molecule has 0 unspecified atom stereocenters. The number of ether oxygens (including phenoxy) is 2. The second kappa shape index (κ2) is 13.5. The molecule has 0 bridgehead atoms. The Balaban J connectivity index is 1.27. The van der Waals surface area contributed by atoms with E-state index in [9.17, 15) is 0 Å². The zero-order valence-electron chi connectivity index (χ0n) is 27.6. The van der Waals surface area contributed by atoms with Gasteiger partial charge in [0.2, 0.25) is 0 Å². The van der Waals surface area contributed by atoms with Gasteiger partial charge in [-0.1, -0.05) is 91.0 Å². The Morgan fingerprint density at radius 1 is 0.300 bits per heavy atom. The van der Waals surface area contributed by atoms with Crippen LogP contribution in [-0.4, -0.2) is 14.2 Å². The molecule has 0 N–H and O–H groups in total. The fourth-order valence-electron chi connectivity index (χ4n) is 6.49. The second-order valence-electron chi connectivity index (χ2n) is 11.9.